The Hall–Kier alpha value is -2.77. The lowest BCUT2D eigenvalue weighted by atomic mass is 9.91. The molecule has 150 valence electrons. The number of nitrogens with two attached hydrogens (primary N) is 1. The van der Waals surface area contributed by atoms with Crippen LogP contribution in [0.5, 0.6) is 0 Å². The number of aromatic nitrogens is 3. The average Bonchev–Trinajstić information content (AvgIpc) is 3.08. The van der Waals surface area contributed by atoms with E-state index in [1.165, 1.54) is 5.56 Å². The topological polar surface area (TPSA) is 79.8 Å². The first-order valence-corrected chi connectivity index (χ1v) is 10.3. The maximum Gasteiger partial charge on any atom is 0.272 e. The Bertz CT molecular complexity index is 1050. The quantitative estimate of drug-likeness (QED) is 0.737. The van der Waals surface area contributed by atoms with Crippen LogP contribution in [0.4, 0.5) is 0 Å². The minimum absolute atomic E-state index is 0.0102. The molecule has 0 unspecified atom stereocenters. The Morgan fingerprint density at radius 3 is 2.97 bits per heavy atom. The lowest BCUT2D eigenvalue weighted by Crippen LogP contribution is -2.58. The van der Waals surface area contributed by atoms with Gasteiger partial charge in [0.2, 0.25) is 0 Å². The van der Waals surface area contributed by atoms with E-state index in [2.05, 4.69) is 23.0 Å². The van der Waals surface area contributed by atoms with Gasteiger partial charge in [0.15, 0.2) is 0 Å². The molecule has 1 aliphatic heterocycles. The second kappa shape index (κ2) is 7.24. The summed E-state index contributed by atoms with van der Waals surface area (Å²) in [5, 5.41) is 0. The molecule has 1 aliphatic carbocycles. The Morgan fingerprint density at radius 1 is 1.28 bits per heavy atom. The van der Waals surface area contributed by atoms with Crippen LogP contribution in [0.25, 0.3) is 5.65 Å². The van der Waals surface area contributed by atoms with Crippen LogP contribution in [0.1, 0.15) is 46.3 Å². The Morgan fingerprint density at radius 2 is 2.14 bits per heavy atom. The molecule has 5 rings (SSSR count). The molecular weight excluding hydrogens is 364 g/mol. The standard InChI is InChI=1S/C22H26N6O/c1-26(18-8-4-6-15-7-5-10-24-20(15)18)14-17-21(22(29)27-12-16(23)13-27)28-11-3-2-9-19(28)25-17/h2-3,5,7,9-11,16,18H,4,6,8,12-14,23H2,1H3/t18-/m0/s1. The fourth-order valence-corrected chi connectivity index (χ4v) is 4.57. The summed E-state index contributed by atoms with van der Waals surface area (Å²) >= 11 is 0. The van der Waals surface area contributed by atoms with Crippen LogP contribution in [0, 0.1) is 0 Å². The Kier molecular flexibility index (Phi) is 4.56. The first kappa shape index (κ1) is 18.3. The van der Waals surface area contributed by atoms with Crippen LogP contribution in [0.2, 0.25) is 0 Å². The lowest BCUT2D eigenvalue weighted by molar-refractivity contribution is 0.0598. The van der Waals surface area contributed by atoms with Gasteiger partial charge < -0.3 is 10.6 Å². The van der Waals surface area contributed by atoms with Crippen molar-refractivity contribution in [3.8, 4) is 0 Å². The van der Waals surface area contributed by atoms with Crippen LogP contribution in [-0.2, 0) is 13.0 Å². The Balaban J connectivity index is 1.48. The number of hydrogen-bond donors (Lipinski definition) is 1. The van der Waals surface area contributed by atoms with Gasteiger partial charge in [0, 0.05) is 38.1 Å². The maximum absolute atomic E-state index is 13.2. The number of fused-ring (bicyclic) bond motifs is 2. The maximum atomic E-state index is 13.2. The molecule has 1 fully saturated rings. The zero-order valence-corrected chi connectivity index (χ0v) is 16.7. The summed E-state index contributed by atoms with van der Waals surface area (Å²) in [7, 11) is 2.10. The second-order valence-corrected chi connectivity index (χ2v) is 8.18. The van der Waals surface area contributed by atoms with Crippen molar-refractivity contribution in [1.82, 2.24) is 24.2 Å². The summed E-state index contributed by atoms with van der Waals surface area (Å²) in [6.45, 7) is 1.81. The van der Waals surface area contributed by atoms with E-state index in [1.807, 2.05) is 46.0 Å². The monoisotopic (exact) mass is 390 g/mol. The molecule has 3 aromatic rings. The predicted octanol–water partition coefficient (Wildman–Crippen LogP) is 2.02. The molecule has 4 heterocycles. The first-order valence-electron chi connectivity index (χ1n) is 10.3. The second-order valence-electron chi connectivity index (χ2n) is 8.18. The van der Waals surface area contributed by atoms with Gasteiger partial charge in [0.25, 0.3) is 5.91 Å². The van der Waals surface area contributed by atoms with E-state index in [0.717, 1.165) is 36.3 Å². The van der Waals surface area contributed by atoms with Crippen molar-refractivity contribution < 1.29 is 4.79 Å². The van der Waals surface area contributed by atoms with Gasteiger partial charge in [-0.05, 0) is 50.1 Å². The van der Waals surface area contributed by atoms with Gasteiger partial charge in [-0.25, -0.2) is 4.98 Å². The minimum Gasteiger partial charge on any atom is -0.334 e. The number of likely N-dealkylation sites (tertiary alicyclic amines) is 1. The zero-order valence-electron chi connectivity index (χ0n) is 16.7. The number of imidazole rings is 1. The van der Waals surface area contributed by atoms with Crippen molar-refractivity contribution in [2.75, 3.05) is 20.1 Å². The summed E-state index contributed by atoms with van der Waals surface area (Å²) in [4.78, 5) is 26.8. The molecule has 0 radical (unpaired) electrons. The minimum atomic E-state index is 0.0102. The Labute approximate surface area is 170 Å². The highest BCUT2D eigenvalue weighted by atomic mass is 16.2. The van der Waals surface area contributed by atoms with Crippen molar-refractivity contribution in [3.05, 3.63) is 65.4 Å². The van der Waals surface area contributed by atoms with Crippen LogP contribution in [-0.4, -0.2) is 56.3 Å². The van der Waals surface area contributed by atoms with Gasteiger partial charge in [-0.2, -0.15) is 0 Å². The summed E-state index contributed by atoms with van der Waals surface area (Å²) in [5.74, 6) is 0.0102. The van der Waals surface area contributed by atoms with E-state index in [-0.39, 0.29) is 18.0 Å². The highest BCUT2D eigenvalue weighted by Crippen LogP contribution is 2.33. The molecule has 0 spiro atoms. The van der Waals surface area contributed by atoms with E-state index in [4.69, 9.17) is 10.7 Å². The first-order chi connectivity index (χ1) is 14.1. The summed E-state index contributed by atoms with van der Waals surface area (Å²) in [6, 6.07) is 10.3. The van der Waals surface area contributed by atoms with Crippen molar-refractivity contribution in [3.63, 3.8) is 0 Å². The molecule has 29 heavy (non-hydrogen) atoms. The third-order valence-corrected chi connectivity index (χ3v) is 6.10. The number of hydrogen-bond acceptors (Lipinski definition) is 5. The van der Waals surface area contributed by atoms with Crippen LogP contribution in [0.3, 0.4) is 0 Å². The fourth-order valence-electron chi connectivity index (χ4n) is 4.57. The number of aryl methyl sites for hydroxylation is 1. The molecule has 0 aromatic carbocycles. The molecule has 7 nitrogen and oxygen atoms in total. The van der Waals surface area contributed by atoms with E-state index >= 15 is 0 Å². The number of pyridine rings is 2. The normalized spacial score (nSPS) is 19.4. The molecule has 0 saturated carbocycles. The van der Waals surface area contributed by atoms with Gasteiger partial charge in [-0.3, -0.25) is 19.1 Å². The molecular formula is C22H26N6O. The van der Waals surface area contributed by atoms with Crippen molar-refractivity contribution in [2.45, 2.75) is 37.9 Å². The third-order valence-electron chi connectivity index (χ3n) is 6.10. The number of carbonyl (C=O) groups is 1. The van der Waals surface area contributed by atoms with E-state index in [9.17, 15) is 4.79 Å². The molecule has 7 heteroatoms. The van der Waals surface area contributed by atoms with Gasteiger partial charge in [-0.1, -0.05) is 12.1 Å². The summed E-state index contributed by atoms with van der Waals surface area (Å²) < 4.78 is 1.91. The highest BCUT2D eigenvalue weighted by molar-refractivity contribution is 5.95. The smallest absolute Gasteiger partial charge is 0.272 e. The van der Waals surface area contributed by atoms with E-state index in [0.29, 0.717) is 25.3 Å². The summed E-state index contributed by atoms with van der Waals surface area (Å²) in [5.41, 5.74) is 10.7. The van der Waals surface area contributed by atoms with Crippen LogP contribution >= 0.6 is 0 Å². The third kappa shape index (κ3) is 3.20. The van der Waals surface area contributed by atoms with Crippen LogP contribution < -0.4 is 5.73 Å². The average molecular weight is 390 g/mol. The largest absolute Gasteiger partial charge is 0.334 e. The van der Waals surface area contributed by atoms with Gasteiger partial charge in [0.05, 0.1) is 17.4 Å². The zero-order chi connectivity index (χ0) is 20.0. The molecule has 1 atom stereocenters. The van der Waals surface area contributed by atoms with Crippen molar-refractivity contribution in [2.24, 2.45) is 5.73 Å². The van der Waals surface area contributed by atoms with Gasteiger partial charge in [-0.15, -0.1) is 0 Å². The van der Waals surface area contributed by atoms with Gasteiger partial charge in [0.1, 0.15) is 11.3 Å². The lowest BCUT2D eigenvalue weighted by Gasteiger charge is -2.37. The molecule has 1 saturated heterocycles. The number of amides is 1. The molecule has 1 amide bonds. The number of rotatable bonds is 4. The fraction of sp³-hybridized carbons (Fsp3) is 0.409. The van der Waals surface area contributed by atoms with E-state index in [1.54, 1.807) is 0 Å². The molecule has 3 aromatic heterocycles. The van der Waals surface area contributed by atoms with E-state index < -0.39 is 0 Å². The predicted molar refractivity (Wildman–Crippen MR) is 110 cm³/mol. The molecule has 2 aliphatic rings. The summed E-state index contributed by atoms with van der Waals surface area (Å²) in [6.07, 6.45) is 7.09. The SMILES string of the molecule is CN(Cc1nc2ccccn2c1C(=O)N1CC(N)C1)[C@H]1CCCc2cccnc21. The number of nitrogens with zero attached hydrogens (tertiary/aromatic N) is 5. The van der Waals surface area contributed by atoms with Crippen molar-refractivity contribution in [1.29, 1.82) is 0 Å². The van der Waals surface area contributed by atoms with Gasteiger partial charge >= 0.3 is 0 Å². The van der Waals surface area contributed by atoms with Crippen LogP contribution in [0.15, 0.2) is 42.7 Å². The highest BCUT2D eigenvalue weighted by Gasteiger charge is 2.33. The number of carbonyl (C=O) groups excluding carboxylic acids is 1. The van der Waals surface area contributed by atoms with Crippen molar-refractivity contribution >= 4 is 11.6 Å². The molecule has 2 N–H and O–H groups in total. The molecule has 0 bridgehead atoms.